The van der Waals surface area contributed by atoms with Gasteiger partial charge in [-0.05, 0) is 64.4 Å². The predicted molar refractivity (Wildman–Crippen MR) is 117 cm³/mol. The molecule has 0 aliphatic carbocycles. The van der Waals surface area contributed by atoms with Crippen molar-refractivity contribution in [3.63, 3.8) is 0 Å². The maximum Gasteiger partial charge on any atom is 0.283 e. The standard InChI is InChI=1S/C23H26N4O4/c1-6-17-20(28)18(14-24)19-12-13-25-26(19)21(17)27(31-23(3,4)5)22(29)15-8-10-16(11-9-15)30-7-2/h8-13,25H,6-7H2,1-5H3. The fourth-order valence-corrected chi connectivity index (χ4v) is 3.28. The molecule has 31 heavy (non-hydrogen) atoms. The normalized spacial score (nSPS) is 11.4. The van der Waals surface area contributed by atoms with E-state index < -0.39 is 16.9 Å². The van der Waals surface area contributed by atoms with E-state index in [4.69, 9.17) is 9.57 Å². The summed E-state index contributed by atoms with van der Waals surface area (Å²) in [5, 5.41) is 13.7. The molecule has 2 aromatic heterocycles. The van der Waals surface area contributed by atoms with Gasteiger partial charge in [-0.3, -0.25) is 19.5 Å². The Kier molecular flexibility index (Phi) is 6.18. The number of carbonyl (C=O) groups is 1. The second kappa shape index (κ2) is 8.66. The molecule has 1 aromatic carbocycles. The van der Waals surface area contributed by atoms with Crippen molar-refractivity contribution < 1.29 is 14.4 Å². The van der Waals surface area contributed by atoms with Crippen LogP contribution in [0.15, 0.2) is 41.3 Å². The van der Waals surface area contributed by atoms with E-state index in [1.165, 1.54) is 4.52 Å². The molecule has 0 aliphatic heterocycles. The van der Waals surface area contributed by atoms with Crippen molar-refractivity contribution in [1.29, 1.82) is 5.26 Å². The maximum absolute atomic E-state index is 13.6. The Bertz CT molecular complexity index is 1190. The molecule has 162 valence electrons. The number of benzene rings is 1. The van der Waals surface area contributed by atoms with Crippen molar-refractivity contribution in [2.75, 3.05) is 11.7 Å². The molecule has 0 radical (unpaired) electrons. The largest absolute Gasteiger partial charge is 0.494 e. The molecule has 2 heterocycles. The summed E-state index contributed by atoms with van der Waals surface area (Å²) in [5.74, 6) is 0.457. The average molecular weight is 422 g/mol. The molecule has 8 heteroatoms. The van der Waals surface area contributed by atoms with Crippen molar-refractivity contribution in [3.8, 4) is 11.8 Å². The molecule has 1 amide bonds. The molecule has 3 aromatic rings. The number of aromatic amines is 1. The number of amides is 1. The summed E-state index contributed by atoms with van der Waals surface area (Å²) in [6, 6.07) is 10.3. The molecule has 0 bridgehead atoms. The van der Waals surface area contributed by atoms with Gasteiger partial charge in [0.05, 0.1) is 17.7 Å². The number of rotatable bonds is 6. The lowest BCUT2D eigenvalue weighted by Gasteiger charge is -2.31. The molecule has 0 fully saturated rings. The highest BCUT2D eigenvalue weighted by molar-refractivity contribution is 6.05. The van der Waals surface area contributed by atoms with Crippen LogP contribution in [0, 0.1) is 11.3 Å². The van der Waals surface area contributed by atoms with E-state index in [2.05, 4.69) is 5.10 Å². The first-order chi connectivity index (χ1) is 14.7. The molecule has 0 unspecified atom stereocenters. The minimum Gasteiger partial charge on any atom is -0.494 e. The van der Waals surface area contributed by atoms with Crippen molar-refractivity contribution in [2.24, 2.45) is 0 Å². The van der Waals surface area contributed by atoms with E-state index in [1.807, 2.05) is 33.8 Å². The number of fused-ring (bicyclic) bond motifs is 1. The fourth-order valence-electron chi connectivity index (χ4n) is 3.28. The molecule has 0 saturated carbocycles. The van der Waals surface area contributed by atoms with Gasteiger partial charge in [0.25, 0.3) is 5.91 Å². The lowest BCUT2D eigenvalue weighted by atomic mass is 10.1. The Morgan fingerprint density at radius 1 is 1.19 bits per heavy atom. The van der Waals surface area contributed by atoms with Crippen LogP contribution in [0.3, 0.4) is 0 Å². The summed E-state index contributed by atoms with van der Waals surface area (Å²) >= 11 is 0. The number of nitriles is 1. The number of aromatic nitrogens is 2. The van der Waals surface area contributed by atoms with E-state index in [0.29, 0.717) is 35.4 Å². The van der Waals surface area contributed by atoms with Crippen LogP contribution >= 0.6 is 0 Å². The van der Waals surface area contributed by atoms with Gasteiger partial charge in [-0.15, -0.1) is 0 Å². The van der Waals surface area contributed by atoms with Crippen molar-refractivity contribution >= 4 is 17.2 Å². The molecular weight excluding hydrogens is 396 g/mol. The highest BCUT2D eigenvalue weighted by atomic mass is 16.7. The zero-order chi connectivity index (χ0) is 22.8. The number of nitrogens with zero attached hydrogens (tertiary/aromatic N) is 3. The number of hydrogen-bond donors (Lipinski definition) is 1. The summed E-state index contributed by atoms with van der Waals surface area (Å²) in [6.45, 7) is 9.65. The van der Waals surface area contributed by atoms with Crippen LogP contribution in [0.5, 0.6) is 5.75 Å². The lowest BCUT2D eigenvalue weighted by molar-refractivity contribution is -0.0173. The minimum absolute atomic E-state index is 0.0195. The molecular formula is C23H26N4O4. The third-order valence-corrected chi connectivity index (χ3v) is 4.54. The number of ether oxygens (including phenoxy) is 1. The predicted octanol–water partition coefficient (Wildman–Crippen LogP) is 3.84. The van der Waals surface area contributed by atoms with Crippen LogP contribution in [-0.4, -0.2) is 27.7 Å². The number of H-pyrrole nitrogens is 1. The number of pyridine rings is 1. The molecule has 0 atom stereocenters. The first kappa shape index (κ1) is 22.1. The van der Waals surface area contributed by atoms with Gasteiger partial charge in [0.15, 0.2) is 5.82 Å². The van der Waals surface area contributed by atoms with E-state index in [9.17, 15) is 14.9 Å². The zero-order valence-electron chi connectivity index (χ0n) is 18.4. The first-order valence-electron chi connectivity index (χ1n) is 10.1. The minimum atomic E-state index is -0.734. The third kappa shape index (κ3) is 4.32. The summed E-state index contributed by atoms with van der Waals surface area (Å²) in [5.41, 5.74) is -0.0798. The van der Waals surface area contributed by atoms with Crippen molar-refractivity contribution in [1.82, 2.24) is 9.61 Å². The summed E-state index contributed by atoms with van der Waals surface area (Å²) in [4.78, 5) is 32.7. The monoisotopic (exact) mass is 422 g/mol. The van der Waals surface area contributed by atoms with Crippen LogP contribution in [0.2, 0.25) is 0 Å². The summed E-state index contributed by atoms with van der Waals surface area (Å²) in [6.07, 6.45) is 1.92. The van der Waals surface area contributed by atoms with Crippen molar-refractivity contribution in [2.45, 2.75) is 46.6 Å². The van der Waals surface area contributed by atoms with Gasteiger partial charge in [-0.1, -0.05) is 6.92 Å². The Morgan fingerprint density at radius 3 is 2.42 bits per heavy atom. The second-order valence-electron chi connectivity index (χ2n) is 7.92. The highest BCUT2D eigenvalue weighted by Gasteiger charge is 2.31. The van der Waals surface area contributed by atoms with Crippen LogP contribution in [0.1, 0.15) is 56.1 Å². The number of hydrogen-bond acceptors (Lipinski definition) is 5. The van der Waals surface area contributed by atoms with Gasteiger partial charge in [0, 0.05) is 17.3 Å². The van der Waals surface area contributed by atoms with E-state index in [0.717, 1.165) is 5.06 Å². The molecule has 0 aliphatic rings. The zero-order valence-corrected chi connectivity index (χ0v) is 18.4. The fraction of sp³-hybridized carbons (Fsp3) is 0.348. The van der Waals surface area contributed by atoms with Crippen molar-refractivity contribution in [3.05, 3.63) is 63.4 Å². The number of carbonyl (C=O) groups excluding carboxylic acids is 1. The molecule has 1 N–H and O–H groups in total. The summed E-state index contributed by atoms with van der Waals surface area (Å²) in [7, 11) is 0. The second-order valence-corrected chi connectivity index (χ2v) is 7.92. The van der Waals surface area contributed by atoms with Gasteiger partial charge in [-0.25, -0.2) is 4.52 Å². The highest BCUT2D eigenvalue weighted by Crippen LogP contribution is 2.27. The Labute approximate surface area is 180 Å². The van der Waals surface area contributed by atoms with Gasteiger partial charge in [0.2, 0.25) is 5.43 Å². The number of hydroxylamine groups is 1. The first-order valence-corrected chi connectivity index (χ1v) is 10.1. The van der Waals surface area contributed by atoms with Crippen LogP contribution in [-0.2, 0) is 11.3 Å². The van der Waals surface area contributed by atoms with Gasteiger partial charge < -0.3 is 4.74 Å². The van der Waals surface area contributed by atoms with Crippen LogP contribution in [0.25, 0.3) is 5.52 Å². The lowest BCUT2D eigenvalue weighted by Crippen LogP contribution is -2.41. The third-order valence-electron chi connectivity index (χ3n) is 4.54. The summed E-state index contributed by atoms with van der Waals surface area (Å²) < 4.78 is 6.99. The SMILES string of the molecule is CCOc1ccc(C(=O)N(OC(C)(C)C)c2c(CC)c(=O)c(C#N)c3cc[nH]n23)cc1. The van der Waals surface area contributed by atoms with E-state index in [-0.39, 0.29) is 11.4 Å². The quantitative estimate of drug-likeness (QED) is 0.609. The van der Waals surface area contributed by atoms with Gasteiger partial charge in [0.1, 0.15) is 17.4 Å². The van der Waals surface area contributed by atoms with Crippen LogP contribution < -0.4 is 15.2 Å². The number of anilines is 1. The average Bonchev–Trinajstić information content (AvgIpc) is 3.20. The molecule has 0 saturated heterocycles. The molecule has 8 nitrogen and oxygen atoms in total. The van der Waals surface area contributed by atoms with Gasteiger partial charge >= 0.3 is 0 Å². The molecule has 3 rings (SSSR count). The van der Waals surface area contributed by atoms with Gasteiger partial charge in [-0.2, -0.15) is 10.3 Å². The Morgan fingerprint density at radius 2 is 1.87 bits per heavy atom. The van der Waals surface area contributed by atoms with Crippen LogP contribution in [0.4, 0.5) is 5.82 Å². The van der Waals surface area contributed by atoms with E-state index >= 15 is 0 Å². The van der Waals surface area contributed by atoms with E-state index in [1.54, 1.807) is 43.5 Å². The number of nitrogens with one attached hydrogen (secondary N) is 1. The Balaban J connectivity index is 2.24. The molecule has 0 spiro atoms. The maximum atomic E-state index is 13.6. The topological polar surface area (TPSA) is 99.8 Å². The smallest absolute Gasteiger partial charge is 0.283 e. The Hall–Kier alpha value is -3.57.